The van der Waals surface area contributed by atoms with E-state index in [1.54, 1.807) is 7.11 Å². The maximum absolute atomic E-state index is 12.5. The first-order valence-electron chi connectivity index (χ1n) is 6.86. The highest BCUT2D eigenvalue weighted by atomic mass is 16.5. The zero-order valence-electron chi connectivity index (χ0n) is 11.8. The minimum Gasteiger partial charge on any atom is -0.383 e. The van der Waals surface area contributed by atoms with Crippen LogP contribution in [-0.2, 0) is 14.3 Å². The van der Waals surface area contributed by atoms with Gasteiger partial charge in [0.05, 0.1) is 13.2 Å². The fourth-order valence-electron chi connectivity index (χ4n) is 2.30. The topological polar surface area (TPSA) is 50.8 Å². The molecule has 0 aliphatic carbocycles. The molecule has 0 saturated carbocycles. The van der Waals surface area contributed by atoms with E-state index >= 15 is 0 Å². The van der Waals surface area contributed by atoms with E-state index in [2.05, 4.69) is 19.2 Å². The maximum Gasteiger partial charge on any atom is 0.253 e. The number of nitrogens with zero attached hydrogens (tertiary/aromatic N) is 1. The maximum atomic E-state index is 12.5. The summed E-state index contributed by atoms with van der Waals surface area (Å²) >= 11 is 0. The third-order valence-corrected chi connectivity index (χ3v) is 3.41. The lowest BCUT2D eigenvalue weighted by molar-refractivity contribution is -0.148. The molecule has 1 aliphatic heterocycles. The molecule has 1 saturated heterocycles. The lowest BCUT2D eigenvalue weighted by Gasteiger charge is -2.34. The van der Waals surface area contributed by atoms with Gasteiger partial charge >= 0.3 is 0 Å². The summed E-state index contributed by atoms with van der Waals surface area (Å²) < 4.78 is 10.6. The van der Waals surface area contributed by atoms with E-state index in [1.165, 1.54) is 0 Å². The van der Waals surface area contributed by atoms with Crippen molar-refractivity contribution in [3.63, 3.8) is 0 Å². The normalized spacial score (nSPS) is 20.1. The Hall–Kier alpha value is -0.650. The molecule has 0 aromatic rings. The molecule has 0 radical (unpaired) electrons. The first-order valence-corrected chi connectivity index (χ1v) is 6.86. The Kier molecular flexibility index (Phi) is 7.23. The van der Waals surface area contributed by atoms with Gasteiger partial charge < -0.3 is 19.7 Å². The first kappa shape index (κ1) is 15.4. The highest BCUT2D eigenvalue weighted by Crippen LogP contribution is 2.12. The van der Waals surface area contributed by atoms with Crippen LogP contribution in [0.4, 0.5) is 0 Å². The number of hydrogen-bond donors (Lipinski definition) is 1. The molecule has 106 valence electrons. The van der Waals surface area contributed by atoms with Crippen molar-refractivity contribution in [1.29, 1.82) is 0 Å². The van der Waals surface area contributed by atoms with Gasteiger partial charge in [-0.2, -0.15) is 0 Å². The summed E-state index contributed by atoms with van der Waals surface area (Å²) in [6, 6.07) is 0.276. The van der Waals surface area contributed by atoms with Gasteiger partial charge in [-0.1, -0.05) is 13.8 Å². The van der Waals surface area contributed by atoms with Gasteiger partial charge in [0.15, 0.2) is 0 Å². The van der Waals surface area contributed by atoms with Gasteiger partial charge in [0.2, 0.25) is 0 Å². The molecule has 0 aromatic heterocycles. The molecular weight excluding hydrogens is 232 g/mol. The average Bonchev–Trinajstić information content (AvgIpc) is 2.43. The summed E-state index contributed by atoms with van der Waals surface area (Å²) in [5.41, 5.74) is 0. The highest BCUT2D eigenvalue weighted by Gasteiger charge is 2.29. The number of hydrogen-bond acceptors (Lipinski definition) is 4. The minimum atomic E-state index is -0.337. The van der Waals surface area contributed by atoms with Crippen molar-refractivity contribution in [2.75, 3.05) is 40.0 Å². The van der Waals surface area contributed by atoms with Crippen LogP contribution >= 0.6 is 0 Å². The van der Waals surface area contributed by atoms with Gasteiger partial charge in [0, 0.05) is 32.8 Å². The molecule has 1 unspecified atom stereocenters. The fraction of sp³-hybridized carbons (Fsp3) is 0.923. The molecule has 1 N–H and O–H groups in total. The van der Waals surface area contributed by atoms with Crippen molar-refractivity contribution in [1.82, 2.24) is 10.2 Å². The number of rotatable bonds is 7. The Balaban J connectivity index is 2.63. The molecule has 0 bridgehead atoms. The van der Waals surface area contributed by atoms with Crippen LogP contribution in [0.1, 0.15) is 26.7 Å². The summed E-state index contributed by atoms with van der Waals surface area (Å²) in [7, 11) is 1.66. The van der Waals surface area contributed by atoms with Gasteiger partial charge in [-0.3, -0.25) is 4.79 Å². The van der Waals surface area contributed by atoms with Crippen LogP contribution in [0.2, 0.25) is 0 Å². The predicted molar refractivity (Wildman–Crippen MR) is 70.6 cm³/mol. The van der Waals surface area contributed by atoms with Gasteiger partial charge in [0.25, 0.3) is 5.91 Å². The summed E-state index contributed by atoms with van der Waals surface area (Å²) in [4.78, 5) is 14.4. The number of methoxy groups -OCH3 is 1. The van der Waals surface area contributed by atoms with Crippen LogP contribution in [-0.4, -0.2) is 62.9 Å². The molecule has 1 fully saturated rings. The van der Waals surface area contributed by atoms with Crippen molar-refractivity contribution < 1.29 is 14.3 Å². The summed E-state index contributed by atoms with van der Waals surface area (Å²) in [5, 5.41) is 3.20. The summed E-state index contributed by atoms with van der Waals surface area (Å²) in [6.45, 7) is 7.49. The standard InChI is InChI=1S/C13H26N2O3/c1-4-11(5-2)15(7-9-17-3)13(16)12-10-14-6-8-18-12/h11-12,14H,4-10H2,1-3H3. The van der Waals surface area contributed by atoms with E-state index in [4.69, 9.17) is 9.47 Å². The quantitative estimate of drug-likeness (QED) is 0.728. The van der Waals surface area contributed by atoms with E-state index in [0.717, 1.165) is 19.4 Å². The van der Waals surface area contributed by atoms with Gasteiger partial charge in [-0.15, -0.1) is 0 Å². The van der Waals surface area contributed by atoms with Crippen molar-refractivity contribution in [3.8, 4) is 0 Å². The number of nitrogens with one attached hydrogen (secondary N) is 1. The predicted octanol–water partition coefficient (Wildman–Crippen LogP) is 0.638. The Labute approximate surface area is 110 Å². The Morgan fingerprint density at radius 3 is 2.72 bits per heavy atom. The smallest absolute Gasteiger partial charge is 0.253 e. The Morgan fingerprint density at radius 2 is 2.22 bits per heavy atom. The molecular formula is C13H26N2O3. The van der Waals surface area contributed by atoms with Crippen LogP contribution in [0.3, 0.4) is 0 Å². The molecule has 1 aliphatic rings. The van der Waals surface area contributed by atoms with Crippen LogP contribution in [0.5, 0.6) is 0 Å². The van der Waals surface area contributed by atoms with Crippen molar-refractivity contribution in [2.45, 2.75) is 38.8 Å². The van der Waals surface area contributed by atoms with Gasteiger partial charge in [-0.05, 0) is 12.8 Å². The number of carbonyl (C=O) groups is 1. The van der Waals surface area contributed by atoms with Crippen LogP contribution in [0.15, 0.2) is 0 Å². The third kappa shape index (κ3) is 4.23. The van der Waals surface area contributed by atoms with Gasteiger partial charge in [-0.25, -0.2) is 0 Å². The van der Waals surface area contributed by atoms with Crippen molar-refractivity contribution in [3.05, 3.63) is 0 Å². The second-order valence-corrected chi connectivity index (χ2v) is 4.56. The van der Waals surface area contributed by atoms with E-state index in [-0.39, 0.29) is 18.1 Å². The number of ether oxygens (including phenoxy) is 2. The summed E-state index contributed by atoms with van der Waals surface area (Å²) in [5.74, 6) is 0.0907. The first-order chi connectivity index (χ1) is 8.74. The number of amides is 1. The van der Waals surface area contributed by atoms with E-state index in [9.17, 15) is 4.79 Å². The second kappa shape index (κ2) is 8.45. The van der Waals surface area contributed by atoms with E-state index in [1.807, 2.05) is 4.90 Å². The number of morpholine rings is 1. The molecule has 1 amide bonds. The molecule has 0 aromatic carbocycles. The van der Waals surface area contributed by atoms with E-state index in [0.29, 0.717) is 26.3 Å². The minimum absolute atomic E-state index is 0.0907. The monoisotopic (exact) mass is 258 g/mol. The molecule has 5 nitrogen and oxygen atoms in total. The second-order valence-electron chi connectivity index (χ2n) is 4.56. The lowest BCUT2D eigenvalue weighted by Crippen LogP contribution is -2.52. The summed E-state index contributed by atoms with van der Waals surface area (Å²) in [6.07, 6.45) is 1.59. The molecule has 18 heavy (non-hydrogen) atoms. The molecule has 0 spiro atoms. The van der Waals surface area contributed by atoms with Crippen molar-refractivity contribution >= 4 is 5.91 Å². The molecule has 5 heteroatoms. The zero-order valence-corrected chi connectivity index (χ0v) is 11.8. The zero-order chi connectivity index (χ0) is 13.4. The van der Waals surface area contributed by atoms with Crippen LogP contribution in [0, 0.1) is 0 Å². The molecule has 1 atom stereocenters. The largest absolute Gasteiger partial charge is 0.383 e. The molecule has 1 rings (SSSR count). The lowest BCUT2D eigenvalue weighted by atomic mass is 10.1. The third-order valence-electron chi connectivity index (χ3n) is 3.41. The molecule has 1 heterocycles. The van der Waals surface area contributed by atoms with E-state index < -0.39 is 0 Å². The average molecular weight is 258 g/mol. The van der Waals surface area contributed by atoms with Crippen LogP contribution < -0.4 is 5.32 Å². The SMILES string of the molecule is CCC(CC)N(CCOC)C(=O)C1CNCCO1. The number of carbonyl (C=O) groups excluding carboxylic acids is 1. The van der Waals surface area contributed by atoms with Gasteiger partial charge in [0.1, 0.15) is 6.10 Å². The Morgan fingerprint density at radius 1 is 1.50 bits per heavy atom. The van der Waals surface area contributed by atoms with Crippen molar-refractivity contribution in [2.24, 2.45) is 0 Å². The Bertz CT molecular complexity index is 238. The highest BCUT2D eigenvalue weighted by molar-refractivity contribution is 5.81. The van der Waals surface area contributed by atoms with Crippen LogP contribution in [0.25, 0.3) is 0 Å². The fourth-order valence-corrected chi connectivity index (χ4v) is 2.30.